The summed E-state index contributed by atoms with van der Waals surface area (Å²) in [6.07, 6.45) is 1.29. The van der Waals surface area contributed by atoms with Crippen molar-refractivity contribution in [1.82, 2.24) is 9.38 Å². The van der Waals surface area contributed by atoms with Crippen LogP contribution in [0.3, 0.4) is 0 Å². The minimum Gasteiger partial charge on any atom is -0.481 e. The first-order valence-corrected chi connectivity index (χ1v) is 5.12. The zero-order chi connectivity index (χ0) is 11.7. The Kier molecular flexibility index (Phi) is 2.69. The van der Waals surface area contributed by atoms with Crippen LogP contribution in [0.25, 0.3) is 5.65 Å². The standard InChI is InChI=1S/C9H6BrN3O3/c10-5-1-2-13-7(3-5)11-6(4-8(14)15)9(13)12-16/h1-3H,4H2,(H,14,15). The van der Waals surface area contributed by atoms with Crippen molar-refractivity contribution in [3.8, 4) is 0 Å². The average molecular weight is 284 g/mol. The van der Waals surface area contributed by atoms with Gasteiger partial charge >= 0.3 is 5.97 Å². The van der Waals surface area contributed by atoms with E-state index < -0.39 is 5.97 Å². The summed E-state index contributed by atoms with van der Waals surface area (Å²) in [6.45, 7) is 0. The van der Waals surface area contributed by atoms with Crippen molar-refractivity contribution in [3.63, 3.8) is 0 Å². The molecule has 1 N–H and O–H groups in total. The molecule has 7 heteroatoms. The van der Waals surface area contributed by atoms with E-state index in [2.05, 4.69) is 26.1 Å². The van der Waals surface area contributed by atoms with E-state index in [1.54, 1.807) is 18.3 Å². The lowest BCUT2D eigenvalue weighted by Gasteiger charge is -1.94. The van der Waals surface area contributed by atoms with E-state index in [9.17, 15) is 9.70 Å². The highest BCUT2D eigenvalue weighted by molar-refractivity contribution is 9.10. The van der Waals surface area contributed by atoms with E-state index in [4.69, 9.17) is 5.11 Å². The molecule has 0 atom stereocenters. The second-order valence-electron chi connectivity index (χ2n) is 3.12. The van der Waals surface area contributed by atoms with Gasteiger partial charge in [-0.25, -0.2) is 4.98 Å². The van der Waals surface area contributed by atoms with Crippen LogP contribution < -0.4 is 0 Å². The Balaban J connectivity index is 2.65. The molecule has 82 valence electrons. The molecule has 2 aromatic rings. The third kappa shape index (κ3) is 1.81. The Morgan fingerprint density at radius 1 is 1.62 bits per heavy atom. The van der Waals surface area contributed by atoms with Crippen LogP contribution in [0.2, 0.25) is 0 Å². The minimum atomic E-state index is -1.05. The first kappa shape index (κ1) is 10.7. The van der Waals surface area contributed by atoms with Gasteiger partial charge in [0.2, 0.25) is 5.82 Å². The van der Waals surface area contributed by atoms with Crippen LogP contribution >= 0.6 is 15.9 Å². The maximum absolute atomic E-state index is 10.7. The maximum atomic E-state index is 10.7. The number of aromatic nitrogens is 2. The lowest BCUT2D eigenvalue weighted by atomic mass is 10.3. The molecule has 16 heavy (non-hydrogen) atoms. The van der Waals surface area contributed by atoms with Gasteiger partial charge in [0, 0.05) is 10.7 Å². The van der Waals surface area contributed by atoms with Gasteiger partial charge in [-0.05, 0) is 17.3 Å². The number of fused-ring (bicyclic) bond motifs is 1. The topological polar surface area (TPSA) is 84.0 Å². The number of aliphatic carboxylic acids is 1. The largest absolute Gasteiger partial charge is 0.481 e. The van der Waals surface area contributed by atoms with Crippen LogP contribution in [0.15, 0.2) is 28.0 Å². The van der Waals surface area contributed by atoms with E-state index >= 15 is 0 Å². The summed E-state index contributed by atoms with van der Waals surface area (Å²) in [6, 6.07) is 3.40. The normalized spacial score (nSPS) is 10.6. The number of nitrogens with zero attached hydrogens (tertiary/aromatic N) is 3. The molecule has 0 saturated heterocycles. The molecule has 6 nitrogen and oxygen atoms in total. The molecular weight excluding hydrogens is 278 g/mol. The predicted octanol–water partition coefficient (Wildman–Crippen LogP) is 2.12. The van der Waals surface area contributed by atoms with Crippen molar-refractivity contribution in [2.45, 2.75) is 6.42 Å². The Bertz CT molecular complexity index is 579. The maximum Gasteiger partial charge on any atom is 0.309 e. The summed E-state index contributed by atoms with van der Waals surface area (Å²) in [5.41, 5.74) is 0.654. The van der Waals surface area contributed by atoms with Crippen LogP contribution in [0.1, 0.15) is 5.69 Å². The molecule has 0 fully saturated rings. The van der Waals surface area contributed by atoms with Crippen LogP contribution in [0.4, 0.5) is 5.82 Å². The number of pyridine rings is 1. The summed E-state index contributed by atoms with van der Waals surface area (Å²) in [7, 11) is 0. The van der Waals surface area contributed by atoms with Gasteiger partial charge in [-0.15, -0.1) is 4.91 Å². The molecular formula is C9H6BrN3O3. The van der Waals surface area contributed by atoms with Gasteiger partial charge in [0.25, 0.3) is 0 Å². The molecule has 0 spiro atoms. The molecule has 0 saturated carbocycles. The molecule has 0 unspecified atom stereocenters. The van der Waals surface area contributed by atoms with Gasteiger partial charge in [-0.2, -0.15) is 0 Å². The van der Waals surface area contributed by atoms with Crippen LogP contribution in [0.5, 0.6) is 0 Å². The Morgan fingerprint density at radius 3 is 3.00 bits per heavy atom. The van der Waals surface area contributed by atoms with Crippen molar-refractivity contribution in [2.24, 2.45) is 5.18 Å². The fraction of sp³-hybridized carbons (Fsp3) is 0.111. The summed E-state index contributed by atoms with van der Waals surface area (Å²) >= 11 is 3.26. The van der Waals surface area contributed by atoms with Crippen molar-refractivity contribution in [1.29, 1.82) is 0 Å². The predicted molar refractivity (Wildman–Crippen MR) is 59.7 cm³/mol. The first-order valence-electron chi connectivity index (χ1n) is 4.33. The SMILES string of the molecule is O=Nc1c(CC(=O)O)nc2cc(Br)ccn12. The number of carbonyl (C=O) groups is 1. The molecule has 0 bridgehead atoms. The lowest BCUT2D eigenvalue weighted by molar-refractivity contribution is -0.136. The van der Waals surface area contributed by atoms with Crippen LogP contribution in [-0.4, -0.2) is 20.5 Å². The third-order valence-electron chi connectivity index (χ3n) is 2.04. The van der Waals surface area contributed by atoms with Crippen LogP contribution in [-0.2, 0) is 11.2 Å². The smallest absolute Gasteiger partial charge is 0.309 e. The van der Waals surface area contributed by atoms with Gasteiger partial charge < -0.3 is 5.11 Å². The number of carboxylic acids is 1. The van der Waals surface area contributed by atoms with E-state index in [0.717, 1.165) is 4.47 Å². The summed E-state index contributed by atoms with van der Waals surface area (Å²) < 4.78 is 2.25. The van der Waals surface area contributed by atoms with E-state index in [0.29, 0.717) is 5.65 Å². The van der Waals surface area contributed by atoms with Crippen molar-refractivity contribution in [2.75, 3.05) is 0 Å². The fourth-order valence-corrected chi connectivity index (χ4v) is 1.74. The van der Waals surface area contributed by atoms with E-state index in [-0.39, 0.29) is 17.9 Å². The van der Waals surface area contributed by atoms with Crippen LogP contribution in [0, 0.1) is 4.91 Å². The monoisotopic (exact) mass is 283 g/mol. The number of imidazole rings is 1. The highest BCUT2D eigenvalue weighted by atomic mass is 79.9. The number of carboxylic acid groups (broad SMARTS) is 1. The molecule has 0 aliphatic carbocycles. The average Bonchev–Trinajstić information content (AvgIpc) is 2.52. The second-order valence-corrected chi connectivity index (χ2v) is 4.03. The fourth-order valence-electron chi connectivity index (χ4n) is 1.41. The third-order valence-corrected chi connectivity index (χ3v) is 2.53. The highest BCUT2D eigenvalue weighted by Gasteiger charge is 2.15. The molecule has 0 aliphatic rings. The molecule has 2 heterocycles. The lowest BCUT2D eigenvalue weighted by Crippen LogP contribution is -2.00. The van der Waals surface area contributed by atoms with Gasteiger partial charge in [0.05, 0.1) is 6.42 Å². The van der Waals surface area contributed by atoms with Gasteiger partial charge in [0.15, 0.2) is 0 Å². The van der Waals surface area contributed by atoms with Gasteiger partial charge in [-0.3, -0.25) is 9.20 Å². The molecule has 2 rings (SSSR count). The quantitative estimate of drug-likeness (QED) is 0.875. The summed E-state index contributed by atoms with van der Waals surface area (Å²) in [5, 5.41) is 11.5. The van der Waals surface area contributed by atoms with Crippen molar-refractivity contribution < 1.29 is 9.90 Å². The highest BCUT2D eigenvalue weighted by Crippen LogP contribution is 2.23. The Hall–Kier alpha value is -1.76. The zero-order valence-corrected chi connectivity index (χ0v) is 9.51. The molecule has 0 aromatic carbocycles. The molecule has 0 amide bonds. The number of hydrogen-bond acceptors (Lipinski definition) is 4. The molecule has 0 aliphatic heterocycles. The first-order chi connectivity index (χ1) is 7.61. The Morgan fingerprint density at radius 2 is 2.38 bits per heavy atom. The second kappa shape index (κ2) is 4.01. The van der Waals surface area contributed by atoms with E-state index in [1.807, 2.05) is 0 Å². The van der Waals surface area contributed by atoms with Gasteiger partial charge in [-0.1, -0.05) is 15.9 Å². The molecule has 0 radical (unpaired) electrons. The number of nitroso groups, excluding NO2 is 1. The number of hydrogen-bond donors (Lipinski definition) is 1. The van der Waals surface area contributed by atoms with Gasteiger partial charge in [0.1, 0.15) is 11.3 Å². The van der Waals surface area contributed by atoms with E-state index in [1.165, 1.54) is 4.40 Å². The Labute approximate surface area is 98.0 Å². The minimum absolute atomic E-state index is 0.0323. The number of rotatable bonds is 3. The number of halogens is 1. The summed E-state index contributed by atoms with van der Waals surface area (Å²) in [4.78, 5) is 25.3. The van der Waals surface area contributed by atoms with Crippen molar-refractivity contribution in [3.05, 3.63) is 33.4 Å². The summed E-state index contributed by atoms with van der Waals surface area (Å²) in [5.74, 6) is -1.02. The van der Waals surface area contributed by atoms with Crippen molar-refractivity contribution >= 4 is 33.4 Å². The molecule has 2 aromatic heterocycles. The zero-order valence-electron chi connectivity index (χ0n) is 7.92.